The first-order chi connectivity index (χ1) is 16.1. The van der Waals surface area contributed by atoms with E-state index in [1.807, 2.05) is 0 Å². The summed E-state index contributed by atoms with van der Waals surface area (Å²) in [6.07, 6.45) is -4.01. The molecule has 2 rings (SSSR count). The van der Waals surface area contributed by atoms with Crippen LogP contribution in [-0.4, -0.2) is 50.5 Å². The van der Waals surface area contributed by atoms with Gasteiger partial charge in [-0.25, -0.2) is 8.42 Å². The lowest BCUT2D eigenvalue weighted by molar-refractivity contribution is -0.139. The van der Waals surface area contributed by atoms with Crippen LogP contribution in [0.25, 0.3) is 0 Å². The molecule has 0 radical (unpaired) electrons. The third-order valence-corrected chi connectivity index (χ3v) is 6.92. The second-order valence-corrected chi connectivity index (χ2v) is 10.9. The monoisotopic (exact) mass is 597 g/mol. The Kier molecular flexibility index (Phi) is 9.60. The van der Waals surface area contributed by atoms with Crippen LogP contribution in [0.2, 0.25) is 5.02 Å². The van der Waals surface area contributed by atoms with Gasteiger partial charge in [0.2, 0.25) is 21.8 Å². The molecule has 0 aromatic heterocycles. The first-order valence-corrected chi connectivity index (χ1v) is 13.3. The van der Waals surface area contributed by atoms with Gasteiger partial charge in [0.25, 0.3) is 0 Å². The molecule has 0 aliphatic rings. The fraction of sp³-hybridized carbons (Fsp3) is 0.364. The minimum Gasteiger partial charge on any atom is -0.355 e. The van der Waals surface area contributed by atoms with Gasteiger partial charge in [-0.05, 0) is 49.7 Å². The molecule has 0 bridgehead atoms. The summed E-state index contributed by atoms with van der Waals surface area (Å²) in [7, 11) is -4.24. The van der Waals surface area contributed by atoms with Crippen LogP contribution in [0.1, 0.15) is 25.0 Å². The molecular weight excluding hydrogens is 575 g/mol. The van der Waals surface area contributed by atoms with E-state index in [0.717, 1.165) is 21.7 Å². The van der Waals surface area contributed by atoms with Crippen molar-refractivity contribution in [3.63, 3.8) is 0 Å². The number of anilines is 1. The zero-order valence-electron chi connectivity index (χ0n) is 19.1. The quantitative estimate of drug-likeness (QED) is 0.463. The molecule has 2 amide bonds. The second kappa shape index (κ2) is 11.6. The van der Waals surface area contributed by atoms with E-state index in [1.54, 1.807) is 31.2 Å². The number of likely N-dealkylation sites (N-methyl/N-ethyl adjacent to an activating group) is 1. The van der Waals surface area contributed by atoms with Crippen molar-refractivity contribution in [2.75, 3.05) is 23.7 Å². The van der Waals surface area contributed by atoms with Gasteiger partial charge in [0.05, 0.1) is 22.5 Å². The van der Waals surface area contributed by atoms with Gasteiger partial charge in [-0.15, -0.1) is 0 Å². The lowest BCUT2D eigenvalue weighted by Gasteiger charge is -2.31. The second-order valence-electron chi connectivity index (χ2n) is 7.66. The minimum absolute atomic E-state index is 0.0511. The molecule has 0 aliphatic carbocycles. The van der Waals surface area contributed by atoms with Crippen LogP contribution in [0.4, 0.5) is 18.9 Å². The Labute approximate surface area is 215 Å². The summed E-state index contributed by atoms with van der Waals surface area (Å²) in [4.78, 5) is 27.0. The average Bonchev–Trinajstić information content (AvgIpc) is 2.74. The summed E-state index contributed by atoms with van der Waals surface area (Å²) < 4.78 is 66.1. The molecule has 35 heavy (non-hydrogen) atoms. The van der Waals surface area contributed by atoms with Crippen molar-refractivity contribution < 1.29 is 31.2 Å². The highest BCUT2D eigenvalue weighted by atomic mass is 79.9. The number of hydrogen-bond acceptors (Lipinski definition) is 4. The van der Waals surface area contributed by atoms with Gasteiger partial charge < -0.3 is 10.2 Å². The number of sulfonamides is 1. The van der Waals surface area contributed by atoms with E-state index in [4.69, 9.17) is 11.6 Å². The van der Waals surface area contributed by atoms with Crippen LogP contribution >= 0.6 is 27.5 Å². The third-order valence-electron chi connectivity index (χ3n) is 4.98. The number of nitrogens with one attached hydrogen (secondary N) is 1. The number of hydrogen-bond donors (Lipinski definition) is 1. The molecule has 0 saturated heterocycles. The number of alkyl halides is 3. The van der Waals surface area contributed by atoms with E-state index in [9.17, 15) is 31.2 Å². The van der Waals surface area contributed by atoms with Gasteiger partial charge in [-0.3, -0.25) is 13.9 Å². The molecule has 7 nitrogen and oxygen atoms in total. The molecule has 13 heteroatoms. The van der Waals surface area contributed by atoms with Crippen molar-refractivity contribution in [1.29, 1.82) is 0 Å². The number of nitrogens with zero attached hydrogens (tertiary/aromatic N) is 2. The van der Waals surface area contributed by atoms with Crippen LogP contribution in [0.3, 0.4) is 0 Å². The normalized spacial score (nSPS) is 12.7. The number of carbonyl (C=O) groups is 2. The number of halogens is 5. The summed E-state index contributed by atoms with van der Waals surface area (Å²) >= 11 is 9.37. The van der Waals surface area contributed by atoms with Gasteiger partial charge in [0.1, 0.15) is 12.6 Å². The van der Waals surface area contributed by atoms with Crippen LogP contribution < -0.4 is 9.62 Å². The summed E-state index contributed by atoms with van der Waals surface area (Å²) in [6.45, 7) is 2.56. The first kappa shape index (κ1) is 28.9. The third kappa shape index (κ3) is 7.84. The van der Waals surface area contributed by atoms with E-state index < -0.39 is 51.9 Å². The molecule has 1 atom stereocenters. The van der Waals surface area contributed by atoms with Crippen molar-refractivity contribution in [3.8, 4) is 0 Å². The lowest BCUT2D eigenvalue weighted by Crippen LogP contribution is -2.51. The minimum atomic E-state index is -4.76. The van der Waals surface area contributed by atoms with Crippen LogP contribution in [-0.2, 0) is 32.3 Å². The molecule has 0 fully saturated rings. The predicted molar refractivity (Wildman–Crippen MR) is 131 cm³/mol. The molecule has 0 heterocycles. The average molecular weight is 599 g/mol. The summed E-state index contributed by atoms with van der Waals surface area (Å²) in [5.74, 6) is -1.28. The van der Waals surface area contributed by atoms with Gasteiger partial charge in [-0.1, -0.05) is 39.7 Å². The Morgan fingerprint density at radius 3 is 2.37 bits per heavy atom. The predicted octanol–water partition coefficient (Wildman–Crippen LogP) is 4.44. The zero-order valence-corrected chi connectivity index (χ0v) is 22.2. The van der Waals surface area contributed by atoms with E-state index in [-0.39, 0.29) is 11.6 Å². The van der Waals surface area contributed by atoms with Crippen LogP contribution in [0.15, 0.2) is 46.9 Å². The Morgan fingerprint density at radius 1 is 1.17 bits per heavy atom. The molecule has 1 unspecified atom stereocenters. The van der Waals surface area contributed by atoms with Gasteiger partial charge >= 0.3 is 6.18 Å². The van der Waals surface area contributed by atoms with Crippen molar-refractivity contribution >= 4 is 55.1 Å². The summed E-state index contributed by atoms with van der Waals surface area (Å²) in [6, 6.07) is 8.14. The van der Waals surface area contributed by atoms with E-state index in [2.05, 4.69) is 21.2 Å². The van der Waals surface area contributed by atoms with Gasteiger partial charge in [0.15, 0.2) is 0 Å². The molecule has 2 aromatic carbocycles. The highest BCUT2D eigenvalue weighted by Crippen LogP contribution is 2.36. The lowest BCUT2D eigenvalue weighted by atomic mass is 10.1. The number of carbonyl (C=O) groups excluding carboxylic acids is 2. The molecular formula is C22H24BrClF3N3O4S. The fourth-order valence-electron chi connectivity index (χ4n) is 3.21. The van der Waals surface area contributed by atoms with Crippen molar-refractivity contribution in [1.82, 2.24) is 10.2 Å². The molecule has 2 aromatic rings. The number of amides is 2. The first-order valence-electron chi connectivity index (χ1n) is 10.3. The topological polar surface area (TPSA) is 86.8 Å². The van der Waals surface area contributed by atoms with Crippen LogP contribution in [0.5, 0.6) is 0 Å². The van der Waals surface area contributed by atoms with Gasteiger partial charge in [-0.2, -0.15) is 13.2 Å². The Hall–Kier alpha value is -2.31. The maximum absolute atomic E-state index is 13.4. The smallest absolute Gasteiger partial charge is 0.355 e. The Bertz CT molecular complexity index is 1190. The van der Waals surface area contributed by atoms with Crippen LogP contribution in [0, 0.1) is 0 Å². The number of rotatable bonds is 9. The largest absolute Gasteiger partial charge is 0.416 e. The summed E-state index contributed by atoms with van der Waals surface area (Å²) in [5.41, 5.74) is -0.975. The highest BCUT2D eigenvalue weighted by molar-refractivity contribution is 9.10. The molecule has 0 aliphatic heterocycles. The van der Waals surface area contributed by atoms with E-state index in [1.165, 1.54) is 6.92 Å². The van der Waals surface area contributed by atoms with Crippen molar-refractivity contribution in [2.24, 2.45) is 0 Å². The molecule has 192 valence electrons. The van der Waals surface area contributed by atoms with Crippen molar-refractivity contribution in [3.05, 3.63) is 63.1 Å². The standard InChI is InChI=1S/C22H24BrClF3N3O4S/c1-4-28-21(32)14(2)29(12-15-6-5-7-17(23)10-15)20(31)13-30(35(3,33)34)19-11-16(22(25,26)27)8-9-18(19)24/h5-11,14H,4,12-13H2,1-3H3,(H,28,32). The Balaban J connectivity index is 2.50. The molecule has 0 spiro atoms. The maximum atomic E-state index is 13.4. The summed E-state index contributed by atoms with van der Waals surface area (Å²) in [5, 5.41) is 2.32. The highest BCUT2D eigenvalue weighted by Gasteiger charge is 2.34. The van der Waals surface area contributed by atoms with E-state index >= 15 is 0 Å². The van der Waals surface area contributed by atoms with E-state index in [0.29, 0.717) is 28.5 Å². The molecule has 1 N–H and O–H groups in total. The van der Waals surface area contributed by atoms with Crippen molar-refractivity contribution in [2.45, 2.75) is 32.6 Å². The maximum Gasteiger partial charge on any atom is 0.416 e. The zero-order chi connectivity index (χ0) is 26.6. The number of benzene rings is 2. The Morgan fingerprint density at radius 2 is 1.83 bits per heavy atom. The fourth-order valence-corrected chi connectivity index (χ4v) is 4.78. The van der Waals surface area contributed by atoms with Gasteiger partial charge in [0, 0.05) is 17.6 Å². The molecule has 0 saturated carbocycles. The SMILES string of the molecule is CCNC(=O)C(C)N(Cc1cccc(Br)c1)C(=O)CN(c1cc(C(F)(F)F)ccc1Cl)S(C)(=O)=O.